The van der Waals surface area contributed by atoms with E-state index in [4.69, 9.17) is 9.47 Å². The predicted molar refractivity (Wildman–Crippen MR) is 110 cm³/mol. The Balaban J connectivity index is 1.75. The number of anilines is 1. The van der Waals surface area contributed by atoms with Crippen molar-refractivity contribution >= 4 is 28.3 Å². The number of ether oxygens (including phenoxy) is 2. The maximum atomic E-state index is 12.7. The topological polar surface area (TPSA) is 64.6 Å². The van der Waals surface area contributed by atoms with E-state index < -0.39 is 12.1 Å². The third kappa shape index (κ3) is 4.31. The first-order valence-corrected chi connectivity index (χ1v) is 9.22. The van der Waals surface area contributed by atoms with Crippen LogP contribution in [0.1, 0.15) is 29.8 Å². The van der Waals surface area contributed by atoms with Crippen molar-refractivity contribution < 1.29 is 19.1 Å². The third-order valence-corrected chi connectivity index (χ3v) is 4.43. The molecule has 0 unspecified atom stereocenters. The lowest BCUT2D eigenvalue weighted by Crippen LogP contribution is -2.30. The van der Waals surface area contributed by atoms with Crippen LogP contribution in [0.2, 0.25) is 0 Å². The van der Waals surface area contributed by atoms with Crippen LogP contribution in [0.5, 0.6) is 5.75 Å². The highest BCUT2D eigenvalue weighted by molar-refractivity contribution is 5.97. The monoisotopic (exact) mass is 377 g/mol. The number of aryl methyl sites for hydroxylation is 1. The average Bonchev–Trinajstić information content (AvgIpc) is 2.70. The van der Waals surface area contributed by atoms with E-state index in [1.165, 1.54) is 0 Å². The Hall–Kier alpha value is -3.34. The summed E-state index contributed by atoms with van der Waals surface area (Å²) in [5, 5.41) is 4.84. The first kappa shape index (κ1) is 19.4. The second-order valence-corrected chi connectivity index (χ2v) is 6.48. The first-order chi connectivity index (χ1) is 13.5. The van der Waals surface area contributed by atoms with Crippen molar-refractivity contribution in [2.24, 2.45) is 0 Å². The number of hydrogen-bond donors (Lipinski definition) is 1. The number of benzene rings is 3. The van der Waals surface area contributed by atoms with E-state index in [1.807, 2.05) is 49.4 Å². The highest BCUT2D eigenvalue weighted by atomic mass is 16.5. The van der Waals surface area contributed by atoms with E-state index in [-0.39, 0.29) is 5.91 Å². The maximum Gasteiger partial charge on any atom is 0.338 e. The van der Waals surface area contributed by atoms with Gasteiger partial charge in [-0.25, -0.2) is 4.79 Å². The standard InChI is InChI=1S/C23H23NO4/c1-4-27-23(26)18-13-12-15(2)20(14-18)24-22(25)16(3)28-21-11-7-9-17-8-5-6-10-19(17)21/h5-14,16H,4H2,1-3H3,(H,24,25)/t16-/m0/s1. The van der Waals surface area contributed by atoms with E-state index in [2.05, 4.69) is 5.32 Å². The average molecular weight is 377 g/mol. The molecule has 1 amide bonds. The van der Waals surface area contributed by atoms with Gasteiger partial charge in [0, 0.05) is 11.1 Å². The number of hydrogen-bond acceptors (Lipinski definition) is 4. The Kier molecular flexibility index (Phi) is 5.94. The molecule has 28 heavy (non-hydrogen) atoms. The van der Waals surface area contributed by atoms with Crippen molar-refractivity contribution in [1.82, 2.24) is 0 Å². The molecule has 0 fully saturated rings. The lowest BCUT2D eigenvalue weighted by Gasteiger charge is -2.17. The first-order valence-electron chi connectivity index (χ1n) is 9.22. The van der Waals surface area contributed by atoms with Gasteiger partial charge in [0.05, 0.1) is 12.2 Å². The highest BCUT2D eigenvalue weighted by Gasteiger charge is 2.18. The molecule has 0 bridgehead atoms. The Morgan fingerprint density at radius 1 is 1.04 bits per heavy atom. The lowest BCUT2D eigenvalue weighted by molar-refractivity contribution is -0.122. The normalized spacial score (nSPS) is 11.7. The zero-order chi connectivity index (χ0) is 20.1. The Morgan fingerprint density at radius 3 is 2.57 bits per heavy atom. The molecule has 0 spiro atoms. The molecule has 3 aromatic rings. The van der Waals surface area contributed by atoms with E-state index in [0.29, 0.717) is 23.6 Å². The van der Waals surface area contributed by atoms with E-state index in [0.717, 1.165) is 16.3 Å². The second kappa shape index (κ2) is 8.57. The minimum absolute atomic E-state index is 0.294. The summed E-state index contributed by atoms with van der Waals surface area (Å²) in [6.07, 6.45) is -0.712. The molecule has 0 saturated heterocycles. The van der Waals surface area contributed by atoms with Gasteiger partial charge in [-0.15, -0.1) is 0 Å². The molecule has 5 heteroatoms. The molecule has 0 saturated carbocycles. The smallest absolute Gasteiger partial charge is 0.338 e. The number of esters is 1. The third-order valence-electron chi connectivity index (χ3n) is 4.43. The van der Waals surface area contributed by atoms with Crippen LogP contribution in [0, 0.1) is 6.92 Å². The van der Waals surface area contributed by atoms with Crippen LogP contribution in [-0.4, -0.2) is 24.6 Å². The summed E-state index contributed by atoms with van der Waals surface area (Å²) in [4.78, 5) is 24.6. The van der Waals surface area contributed by atoms with Crippen molar-refractivity contribution in [3.05, 3.63) is 71.8 Å². The van der Waals surface area contributed by atoms with Crippen LogP contribution in [0.3, 0.4) is 0 Å². The molecule has 1 N–H and O–H groups in total. The summed E-state index contributed by atoms with van der Waals surface area (Å²) >= 11 is 0. The van der Waals surface area contributed by atoms with E-state index >= 15 is 0 Å². The van der Waals surface area contributed by atoms with Gasteiger partial charge in [0.2, 0.25) is 0 Å². The van der Waals surface area contributed by atoms with Crippen LogP contribution in [0.4, 0.5) is 5.69 Å². The fourth-order valence-electron chi connectivity index (χ4n) is 2.87. The molecule has 3 aromatic carbocycles. The Bertz CT molecular complexity index is 1010. The number of fused-ring (bicyclic) bond motifs is 1. The summed E-state index contributed by atoms with van der Waals surface area (Å²) < 4.78 is 10.9. The molecule has 0 aromatic heterocycles. The minimum atomic E-state index is -0.712. The van der Waals surface area contributed by atoms with Crippen molar-refractivity contribution in [3.8, 4) is 5.75 Å². The molecule has 0 aliphatic carbocycles. The molecule has 0 radical (unpaired) electrons. The minimum Gasteiger partial charge on any atom is -0.480 e. The van der Waals surface area contributed by atoms with Gasteiger partial charge < -0.3 is 14.8 Å². The quantitative estimate of drug-likeness (QED) is 0.631. The Morgan fingerprint density at radius 2 is 1.79 bits per heavy atom. The molecule has 144 valence electrons. The molecule has 0 aliphatic rings. The van der Waals surface area contributed by atoms with Crippen LogP contribution in [0.15, 0.2) is 60.7 Å². The Labute approximate surface area is 164 Å². The summed E-state index contributed by atoms with van der Waals surface area (Å²) in [5.41, 5.74) is 1.80. The summed E-state index contributed by atoms with van der Waals surface area (Å²) in [6, 6.07) is 18.7. The molecule has 3 rings (SSSR count). The van der Waals surface area contributed by atoms with Crippen LogP contribution >= 0.6 is 0 Å². The summed E-state index contributed by atoms with van der Waals surface area (Å²) in [5.74, 6) is -0.0622. The summed E-state index contributed by atoms with van der Waals surface area (Å²) in [7, 11) is 0. The van der Waals surface area contributed by atoms with Crippen molar-refractivity contribution in [3.63, 3.8) is 0 Å². The second-order valence-electron chi connectivity index (χ2n) is 6.48. The van der Waals surface area contributed by atoms with Gasteiger partial charge in [-0.2, -0.15) is 0 Å². The van der Waals surface area contributed by atoms with Crippen LogP contribution in [0.25, 0.3) is 10.8 Å². The number of carbonyl (C=O) groups excluding carboxylic acids is 2. The van der Waals surface area contributed by atoms with Crippen molar-refractivity contribution in [1.29, 1.82) is 0 Å². The predicted octanol–water partition coefficient (Wildman–Crippen LogP) is 4.73. The molecular formula is C23H23NO4. The van der Waals surface area contributed by atoms with E-state index in [1.54, 1.807) is 32.0 Å². The van der Waals surface area contributed by atoms with Gasteiger partial charge in [0.25, 0.3) is 5.91 Å². The largest absolute Gasteiger partial charge is 0.480 e. The molecule has 1 atom stereocenters. The molecule has 5 nitrogen and oxygen atoms in total. The number of nitrogens with one attached hydrogen (secondary N) is 1. The number of carbonyl (C=O) groups is 2. The van der Waals surface area contributed by atoms with Gasteiger partial charge in [-0.3, -0.25) is 4.79 Å². The van der Waals surface area contributed by atoms with Crippen molar-refractivity contribution in [2.45, 2.75) is 26.9 Å². The molecular weight excluding hydrogens is 354 g/mol. The fourth-order valence-corrected chi connectivity index (χ4v) is 2.87. The van der Waals surface area contributed by atoms with Gasteiger partial charge in [-0.1, -0.05) is 42.5 Å². The zero-order valence-electron chi connectivity index (χ0n) is 16.2. The lowest BCUT2D eigenvalue weighted by atomic mass is 10.1. The maximum absolute atomic E-state index is 12.7. The van der Waals surface area contributed by atoms with Crippen LogP contribution in [-0.2, 0) is 9.53 Å². The SMILES string of the molecule is CCOC(=O)c1ccc(C)c(NC(=O)[C@H](C)Oc2cccc3ccccc23)c1. The van der Waals surface area contributed by atoms with E-state index in [9.17, 15) is 9.59 Å². The molecule has 0 heterocycles. The van der Waals surface area contributed by atoms with Gasteiger partial charge in [0.1, 0.15) is 5.75 Å². The van der Waals surface area contributed by atoms with Gasteiger partial charge >= 0.3 is 5.97 Å². The van der Waals surface area contributed by atoms with Crippen LogP contribution < -0.4 is 10.1 Å². The van der Waals surface area contributed by atoms with Crippen molar-refractivity contribution in [2.75, 3.05) is 11.9 Å². The molecule has 0 aliphatic heterocycles. The number of rotatable bonds is 6. The highest BCUT2D eigenvalue weighted by Crippen LogP contribution is 2.26. The fraction of sp³-hybridized carbons (Fsp3) is 0.217. The van der Waals surface area contributed by atoms with Gasteiger partial charge in [0.15, 0.2) is 6.10 Å². The zero-order valence-corrected chi connectivity index (χ0v) is 16.2. The van der Waals surface area contributed by atoms with Gasteiger partial charge in [-0.05, 0) is 49.9 Å². The number of amides is 1. The summed E-state index contributed by atoms with van der Waals surface area (Å²) in [6.45, 7) is 5.60.